The molecule has 8 nitrogen and oxygen atoms in total. The lowest BCUT2D eigenvalue weighted by Gasteiger charge is -2.11. The van der Waals surface area contributed by atoms with Gasteiger partial charge < -0.3 is 0 Å². The first-order chi connectivity index (χ1) is 13.1. The molecule has 0 aliphatic heterocycles. The molecule has 0 spiro atoms. The molecule has 0 unspecified atom stereocenters. The average Bonchev–Trinajstić information content (AvgIpc) is 3.23. The Morgan fingerprint density at radius 3 is 2.56 bits per heavy atom. The summed E-state index contributed by atoms with van der Waals surface area (Å²) >= 11 is 1.28. The van der Waals surface area contributed by atoms with E-state index in [-0.39, 0.29) is 16.9 Å². The second kappa shape index (κ2) is 8.54. The monoisotopic (exact) mass is 385 g/mol. The molecule has 0 saturated heterocycles. The molecule has 2 amide bonds. The molecule has 2 N–H and O–H groups in total. The molecular weight excluding hydrogens is 366 g/mol. The molecule has 2 heterocycles. The Morgan fingerprint density at radius 2 is 1.85 bits per heavy atom. The summed E-state index contributed by atoms with van der Waals surface area (Å²) in [5.41, 5.74) is 6.24. The highest BCUT2D eigenvalue weighted by Crippen LogP contribution is 2.13. The van der Waals surface area contributed by atoms with Gasteiger partial charge in [-0.25, -0.2) is 9.67 Å². The molecule has 9 heteroatoms. The van der Waals surface area contributed by atoms with Gasteiger partial charge in [0.15, 0.2) is 5.69 Å². The van der Waals surface area contributed by atoms with Crippen LogP contribution in [-0.2, 0) is 6.54 Å². The van der Waals surface area contributed by atoms with Crippen molar-refractivity contribution >= 4 is 33.9 Å². The van der Waals surface area contributed by atoms with Crippen LogP contribution in [0.15, 0.2) is 40.0 Å². The molecule has 0 atom stereocenters. The highest BCUT2D eigenvalue weighted by molar-refractivity contribution is 7.07. The van der Waals surface area contributed by atoms with Gasteiger partial charge in [0.1, 0.15) is 5.69 Å². The number of hydrogen-bond donors (Lipinski definition) is 2. The van der Waals surface area contributed by atoms with Crippen molar-refractivity contribution in [2.45, 2.75) is 32.7 Å². The average molecular weight is 385 g/mol. The zero-order chi connectivity index (χ0) is 19.2. The largest absolute Gasteiger partial charge is 0.290 e. The standard InChI is InChI=1S/C18H19N5O3S/c1-2-3-6-9-23-18(26)13-8-5-4-7-12(13)15(22-23)17(25)21-20-16(24)14-10-27-11-19-14/h4-5,7-8,10-11H,2-3,6,9H2,1H3,(H,20,24)(H,21,25). The molecule has 0 aliphatic carbocycles. The number of thiazole rings is 1. The number of amides is 2. The van der Waals surface area contributed by atoms with Crippen LogP contribution < -0.4 is 16.4 Å². The number of carbonyl (C=O) groups excluding carboxylic acids is 2. The SMILES string of the molecule is CCCCCn1nc(C(=O)NNC(=O)c2cscn2)c2ccccc2c1=O. The van der Waals surface area contributed by atoms with E-state index in [1.54, 1.807) is 29.6 Å². The highest BCUT2D eigenvalue weighted by atomic mass is 32.1. The van der Waals surface area contributed by atoms with Gasteiger partial charge in [-0.15, -0.1) is 11.3 Å². The third kappa shape index (κ3) is 4.20. The van der Waals surface area contributed by atoms with E-state index in [2.05, 4.69) is 27.9 Å². The summed E-state index contributed by atoms with van der Waals surface area (Å²) in [5.74, 6) is -1.12. The van der Waals surface area contributed by atoms with Crippen molar-refractivity contribution in [1.29, 1.82) is 0 Å². The highest BCUT2D eigenvalue weighted by Gasteiger charge is 2.17. The van der Waals surface area contributed by atoms with Crippen LogP contribution >= 0.6 is 11.3 Å². The third-order valence-electron chi connectivity index (χ3n) is 4.01. The zero-order valence-corrected chi connectivity index (χ0v) is 15.6. The number of aryl methyl sites for hydroxylation is 1. The Morgan fingerprint density at radius 1 is 1.11 bits per heavy atom. The Bertz CT molecular complexity index is 1010. The van der Waals surface area contributed by atoms with Gasteiger partial charge in [-0.3, -0.25) is 25.2 Å². The van der Waals surface area contributed by atoms with Crippen LogP contribution in [-0.4, -0.2) is 26.6 Å². The number of benzene rings is 1. The van der Waals surface area contributed by atoms with Gasteiger partial charge in [-0.1, -0.05) is 38.0 Å². The number of unbranched alkanes of at least 4 members (excludes halogenated alkanes) is 2. The van der Waals surface area contributed by atoms with Crippen LogP contribution in [0.4, 0.5) is 0 Å². The molecule has 0 aliphatic rings. The van der Waals surface area contributed by atoms with Crippen LogP contribution in [0.25, 0.3) is 10.8 Å². The van der Waals surface area contributed by atoms with Crippen LogP contribution in [0.3, 0.4) is 0 Å². The second-order valence-electron chi connectivity index (χ2n) is 5.91. The van der Waals surface area contributed by atoms with Gasteiger partial charge >= 0.3 is 0 Å². The normalized spacial score (nSPS) is 10.7. The lowest BCUT2D eigenvalue weighted by molar-refractivity contribution is 0.0841. The number of aromatic nitrogens is 3. The number of nitrogens with one attached hydrogen (secondary N) is 2. The molecule has 0 fully saturated rings. The lowest BCUT2D eigenvalue weighted by atomic mass is 10.1. The minimum Gasteiger partial charge on any atom is -0.267 e. The summed E-state index contributed by atoms with van der Waals surface area (Å²) in [6, 6.07) is 6.80. The van der Waals surface area contributed by atoms with Gasteiger partial charge in [0, 0.05) is 17.3 Å². The Labute approximate surface area is 159 Å². The van der Waals surface area contributed by atoms with Crippen LogP contribution in [0.5, 0.6) is 0 Å². The van der Waals surface area contributed by atoms with Gasteiger partial charge in [0.05, 0.1) is 10.9 Å². The van der Waals surface area contributed by atoms with Crippen molar-refractivity contribution in [1.82, 2.24) is 25.6 Å². The number of fused-ring (bicyclic) bond motifs is 1. The molecule has 3 aromatic rings. The maximum atomic E-state index is 12.6. The Kier molecular flexibility index (Phi) is 5.92. The van der Waals surface area contributed by atoms with E-state index < -0.39 is 11.8 Å². The van der Waals surface area contributed by atoms with E-state index in [4.69, 9.17) is 0 Å². The third-order valence-corrected chi connectivity index (χ3v) is 4.60. The Hall–Kier alpha value is -3.07. The first-order valence-corrected chi connectivity index (χ1v) is 9.54. The molecule has 3 rings (SSSR count). The second-order valence-corrected chi connectivity index (χ2v) is 6.63. The van der Waals surface area contributed by atoms with E-state index in [1.807, 2.05) is 0 Å². The first-order valence-electron chi connectivity index (χ1n) is 8.60. The molecule has 1 aromatic carbocycles. The maximum absolute atomic E-state index is 12.6. The number of hydrazine groups is 1. The van der Waals surface area contributed by atoms with Crippen molar-refractivity contribution < 1.29 is 9.59 Å². The summed E-state index contributed by atoms with van der Waals surface area (Å²) in [4.78, 5) is 41.0. The summed E-state index contributed by atoms with van der Waals surface area (Å²) in [6.45, 7) is 2.50. The first kappa shape index (κ1) is 18.7. The zero-order valence-electron chi connectivity index (χ0n) is 14.8. The van der Waals surface area contributed by atoms with Crippen molar-refractivity contribution in [3.8, 4) is 0 Å². The van der Waals surface area contributed by atoms with Crippen LogP contribution in [0, 0.1) is 0 Å². The van der Waals surface area contributed by atoms with Gasteiger partial charge in [0.2, 0.25) is 0 Å². The summed E-state index contributed by atoms with van der Waals surface area (Å²) in [5, 5.41) is 6.67. The van der Waals surface area contributed by atoms with E-state index in [0.29, 0.717) is 17.3 Å². The fourth-order valence-electron chi connectivity index (χ4n) is 2.63. The summed E-state index contributed by atoms with van der Waals surface area (Å²) < 4.78 is 1.31. The number of nitrogens with zero attached hydrogens (tertiary/aromatic N) is 3. The summed E-state index contributed by atoms with van der Waals surface area (Å²) in [6.07, 6.45) is 2.77. The molecule has 0 saturated carbocycles. The van der Waals surface area contributed by atoms with E-state index in [1.165, 1.54) is 21.5 Å². The van der Waals surface area contributed by atoms with Crippen molar-refractivity contribution in [2.24, 2.45) is 0 Å². The minimum absolute atomic E-state index is 0.0836. The molecule has 2 aromatic heterocycles. The molecule has 140 valence electrons. The van der Waals surface area contributed by atoms with Crippen LogP contribution in [0.2, 0.25) is 0 Å². The predicted molar refractivity (Wildman–Crippen MR) is 103 cm³/mol. The lowest BCUT2D eigenvalue weighted by Crippen LogP contribution is -2.43. The molecule has 27 heavy (non-hydrogen) atoms. The smallest absolute Gasteiger partial charge is 0.267 e. The topological polar surface area (TPSA) is 106 Å². The fourth-order valence-corrected chi connectivity index (χ4v) is 3.16. The Balaban J connectivity index is 1.87. The van der Waals surface area contributed by atoms with E-state index in [9.17, 15) is 14.4 Å². The molecular formula is C18H19N5O3S. The number of carbonyl (C=O) groups is 2. The van der Waals surface area contributed by atoms with E-state index >= 15 is 0 Å². The maximum Gasteiger partial charge on any atom is 0.290 e. The molecule has 0 bridgehead atoms. The van der Waals surface area contributed by atoms with Crippen molar-refractivity contribution in [2.75, 3.05) is 0 Å². The van der Waals surface area contributed by atoms with Gasteiger partial charge in [-0.2, -0.15) is 5.10 Å². The van der Waals surface area contributed by atoms with Crippen LogP contribution in [0.1, 0.15) is 47.2 Å². The van der Waals surface area contributed by atoms with E-state index in [0.717, 1.165) is 19.3 Å². The number of hydrogen-bond acceptors (Lipinski definition) is 6. The van der Waals surface area contributed by atoms with Crippen molar-refractivity contribution in [3.63, 3.8) is 0 Å². The van der Waals surface area contributed by atoms with Gasteiger partial charge in [0.25, 0.3) is 17.4 Å². The minimum atomic E-state index is -0.598. The fraction of sp³-hybridized carbons (Fsp3) is 0.278. The van der Waals surface area contributed by atoms with Gasteiger partial charge in [-0.05, 0) is 12.5 Å². The number of rotatable bonds is 6. The molecule has 0 radical (unpaired) electrons. The predicted octanol–water partition coefficient (Wildman–Crippen LogP) is 2.12. The van der Waals surface area contributed by atoms with Crippen molar-refractivity contribution in [3.05, 3.63) is 56.9 Å². The quantitative estimate of drug-likeness (QED) is 0.499. The summed E-state index contributed by atoms with van der Waals surface area (Å²) in [7, 11) is 0.